The fourth-order valence-corrected chi connectivity index (χ4v) is 2.55. The Hall–Kier alpha value is -3.46. The first-order valence-electron chi connectivity index (χ1n) is 7.65. The number of hydrogen-bond donors (Lipinski definition) is 3. The number of hydrogen-bond acceptors (Lipinski definition) is 5. The number of nitrogens with zero attached hydrogens (tertiary/aromatic N) is 2. The molecule has 27 heavy (non-hydrogen) atoms. The first-order chi connectivity index (χ1) is 12.8. The quantitative estimate of drug-likeness (QED) is 0.585. The number of aromatic nitrogens is 2. The number of carbonyl (C=O) groups excluding carboxylic acids is 2. The van der Waals surface area contributed by atoms with Crippen molar-refractivity contribution < 1.29 is 14.7 Å². The van der Waals surface area contributed by atoms with Gasteiger partial charge in [-0.05, 0) is 48.5 Å². The molecule has 1 heterocycles. The molecule has 0 saturated carbocycles. The minimum Gasteiger partial charge on any atom is -0.505 e. The molecule has 0 bridgehead atoms. The highest BCUT2D eigenvalue weighted by Crippen LogP contribution is 2.17. The van der Waals surface area contributed by atoms with E-state index in [4.69, 9.17) is 5.73 Å². The summed E-state index contributed by atoms with van der Waals surface area (Å²) in [7, 11) is 0. The molecule has 3 aromatic rings. The van der Waals surface area contributed by atoms with E-state index in [1.165, 1.54) is 24.3 Å². The number of carbonyl (C=O) groups is 2. The van der Waals surface area contributed by atoms with Gasteiger partial charge >= 0.3 is 0 Å². The lowest BCUT2D eigenvalue weighted by atomic mass is 10.2. The third-order valence-corrected chi connectivity index (χ3v) is 4.15. The lowest BCUT2D eigenvalue weighted by Gasteiger charge is -2.10. The highest BCUT2D eigenvalue weighted by Gasteiger charge is 2.17. The van der Waals surface area contributed by atoms with Crippen LogP contribution in [0, 0.1) is 0 Å². The number of nitrogens with two attached hydrogens (primary N) is 1. The molecule has 0 aliphatic heterocycles. The SMILES string of the molecule is NC(=O)c1ccc(NC(=O)c2nn(-c3ccc(Br)cc3)c(=O)cc2O)cc1. The molecule has 2 aromatic carbocycles. The van der Waals surface area contributed by atoms with Gasteiger partial charge in [-0.25, -0.2) is 0 Å². The van der Waals surface area contributed by atoms with Crippen LogP contribution in [0.4, 0.5) is 5.69 Å². The molecule has 3 rings (SSSR count). The van der Waals surface area contributed by atoms with Gasteiger partial charge in [0.05, 0.1) is 5.69 Å². The van der Waals surface area contributed by atoms with E-state index < -0.39 is 23.1 Å². The highest BCUT2D eigenvalue weighted by molar-refractivity contribution is 9.10. The molecule has 1 aromatic heterocycles. The van der Waals surface area contributed by atoms with Gasteiger partial charge in [-0.1, -0.05) is 15.9 Å². The number of benzene rings is 2. The largest absolute Gasteiger partial charge is 0.505 e. The maximum absolute atomic E-state index is 12.5. The van der Waals surface area contributed by atoms with Crippen molar-refractivity contribution in [1.82, 2.24) is 9.78 Å². The molecule has 0 unspecified atom stereocenters. The molecule has 2 amide bonds. The van der Waals surface area contributed by atoms with Crippen LogP contribution in [0.3, 0.4) is 0 Å². The molecule has 0 atom stereocenters. The fraction of sp³-hybridized carbons (Fsp3) is 0. The molecule has 0 fully saturated rings. The van der Waals surface area contributed by atoms with Gasteiger partial charge in [0.2, 0.25) is 5.91 Å². The van der Waals surface area contributed by atoms with Crippen molar-refractivity contribution in [2.45, 2.75) is 0 Å². The molecule has 136 valence electrons. The van der Waals surface area contributed by atoms with E-state index in [0.29, 0.717) is 11.4 Å². The van der Waals surface area contributed by atoms with Crippen LogP contribution in [0.15, 0.2) is 63.9 Å². The summed E-state index contributed by atoms with van der Waals surface area (Å²) in [6.07, 6.45) is 0. The smallest absolute Gasteiger partial charge is 0.279 e. The summed E-state index contributed by atoms with van der Waals surface area (Å²) in [5, 5.41) is 16.5. The van der Waals surface area contributed by atoms with Gasteiger partial charge in [-0.3, -0.25) is 14.4 Å². The first-order valence-corrected chi connectivity index (χ1v) is 8.45. The molecule has 8 nitrogen and oxygen atoms in total. The van der Waals surface area contributed by atoms with Crippen molar-refractivity contribution in [3.8, 4) is 11.4 Å². The third-order valence-electron chi connectivity index (χ3n) is 3.63. The predicted octanol–water partition coefficient (Wildman–Crippen LogP) is 2.05. The van der Waals surface area contributed by atoms with E-state index in [2.05, 4.69) is 26.3 Å². The van der Waals surface area contributed by atoms with Gasteiger partial charge < -0.3 is 16.2 Å². The number of aromatic hydroxyl groups is 1. The molecule has 9 heteroatoms. The summed E-state index contributed by atoms with van der Waals surface area (Å²) in [4.78, 5) is 35.6. The Bertz CT molecular complexity index is 1080. The molecule has 0 saturated heterocycles. The molecule has 4 N–H and O–H groups in total. The van der Waals surface area contributed by atoms with Gasteiger partial charge in [0.25, 0.3) is 11.5 Å². The average molecular weight is 429 g/mol. The third kappa shape index (κ3) is 4.04. The molecule has 0 spiro atoms. The minimum atomic E-state index is -0.717. The van der Waals surface area contributed by atoms with E-state index in [9.17, 15) is 19.5 Å². The predicted molar refractivity (Wildman–Crippen MR) is 102 cm³/mol. The van der Waals surface area contributed by atoms with Crippen molar-refractivity contribution in [1.29, 1.82) is 0 Å². The Labute approximate surface area is 161 Å². The number of rotatable bonds is 4. The Balaban J connectivity index is 1.92. The van der Waals surface area contributed by atoms with E-state index in [1.807, 2.05) is 0 Å². The summed E-state index contributed by atoms with van der Waals surface area (Å²) in [5.41, 5.74) is 5.35. The van der Waals surface area contributed by atoms with Crippen molar-refractivity contribution in [2.75, 3.05) is 5.32 Å². The van der Waals surface area contributed by atoms with Crippen molar-refractivity contribution in [3.05, 3.63) is 80.7 Å². The second-order valence-electron chi connectivity index (χ2n) is 5.50. The fourth-order valence-electron chi connectivity index (χ4n) is 2.28. The van der Waals surface area contributed by atoms with Crippen LogP contribution < -0.4 is 16.6 Å². The van der Waals surface area contributed by atoms with E-state index in [0.717, 1.165) is 15.2 Å². The van der Waals surface area contributed by atoms with Crippen LogP contribution in [-0.4, -0.2) is 26.7 Å². The molecule has 0 radical (unpaired) electrons. The van der Waals surface area contributed by atoms with Crippen molar-refractivity contribution >= 4 is 33.4 Å². The van der Waals surface area contributed by atoms with Crippen LogP contribution in [0.5, 0.6) is 5.75 Å². The van der Waals surface area contributed by atoms with Gasteiger partial charge in [-0.2, -0.15) is 9.78 Å². The zero-order valence-corrected chi connectivity index (χ0v) is 15.3. The van der Waals surface area contributed by atoms with Crippen LogP contribution >= 0.6 is 15.9 Å². The average Bonchev–Trinajstić information content (AvgIpc) is 2.63. The Morgan fingerprint density at radius 3 is 2.30 bits per heavy atom. The van der Waals surface area contributed by atoms with Crippen LogP contribution in [0.25, 0.3) is 5.69 Å². The Morgan fingerprint density at radius 2 is 1.70 bits per heavy atom. The zero-order valence-electron chi connectivity index (χ0n) is 13.7. The second kappa shape index (κ2) is 7.42. The summed E-state index contributed by atoms with van der Waals surface area (Å²) < 4.78 is 1.83. The maximum atomic E-state index is 12.5. The maximum Gasteiger partial charge on any atom is 0.279 e. The van der Waals surface area contributed by atoms with Gasteiger partial charge in [0.15, 0.2) is 11.4 Å². The summed E-state index contributed by atoms with van der Waals surface area (Å²) >= 11 is 3.30. The Morgan fingerprint density at radius 1 is 1.07 bits per heavy atom. The lowest BCUT2D eigenvalue weighted by Crippen LogP contribution is -2.25. The van der Waals surface area contributed by atoms with Crippen molar-refractivity contribution in [3.63, 3.8) is 0 Å². The summed E-state index contributed by atoms with van der Waals surface area (Å²) in [6.45, 7) is 0. The molecular weight excluding hydrogens is 416 g/mol. The number of nitrogens with one attached hydrogen (secondary N) is 1. The summed E-state index contributed by atoms with van der Waals surface area (Å²) in [6, 6.07) is 13.5. The number of primary amides is 1. The van der Waals surface area contributed by atoms with E-state index >= 15 is 0 Å². The van der Waals surface area contributed by atoms with Crippen molar-refractivity contribution in [2.24, 2.45) is 5.73 Å². The van der Waals surface area contributed by atoms with Crippen LogP contribution in [0.2, 0.25) is 0 Å². The standard InChI is InChI=1S/C18H13BrN4O4/c19-11-3-7-13(8-4-11)23-15(25)9-14(24)16(22-23)18(27)21-12-5-1-10(2-6-12)17(20)26/h1-9,24H,(H2,20,26)(H,21,27). The monoisotopic (exact) mass is 428 g/mol. The number of anilines is 1. The zero-order chi connectivity index (χ0) is 19.6. The highest BCUT2D eigenvalue weighted by atomic mass is 79.9. The lowest BCUT2D eigenvalue weighted by molar-refractivity contribution is 0.0997. The number of halogens is 1. The van der Waals surface area contributed by atoms with E-state index in [-0.39, 0.29) is 11.3 Å². The molecule has 0 aliphatic carbocycles. The van der Waals surface area contributed by atoms with Gasteiger partial charge in [0.1, 0.15) is 0 Å². The Kier molecular flexibility index (Phi) is 5.04. The van der Waals surface area contributed by atoms with Crippen LogP contribution in [0.1, 0.15) is 20.8 Å². The topological polar surface area (TPSA) is 127 Å². The normalized spacial score (nSPS) is 10.4. The first kappa shape index (κ1) is 18.3. The van der Waals surface area contributed by atoms with Gasteiger partial charge in [0, 0.05) is 21.8 Å². The summed E-state index contributed by atoms with van der Waals surface area (Å²) in [5.74, 6) is -1.85. The second-order valence-corrected chi connectivity index (χ2v) is 6.42. The van der Waals surface area contributed by atoms with Gasteiger partial charge in [-0.15, -0.1) is 0 Å². The number of amides is 2. The minimum absolute atomic E-state index is 0.290. The molecular formula is C18H13BrN4O4. The molecule has 0 aliphatic rings. The van der Waals surface area contributed by atoms with Crippen LogP contribution in [-0.2, 0) is 0 Å². The van der Waals surface area contributed by atoms with E-state index in [1.54, 1.807) is 24.3 Å².